The molecule has 1 atom stereocenters. The number of amides is 1. The number of hydrogen-bond acceptors (Lipinski definition) is 4. The van der Waals surface area contributed by atoms with Crippen molar-refractivity contribution in [2.45, 2.75) is 30.7 Å². The molecule has 1 amide bonds. The SMILES string of the molecule is COc1ccc(S(=O)(=O)N2CCCC2)cc1C(=O)NC(C)c1ccc(F)cc1. The van der Waals surface area contributed by atoms with Gasteiger partial charge in [-0.25, -0.2) is 12.8 Å². The Bertz CT molecular complexity index is 955. The molecule has 1 unspecified atom stereocenters. The highest BCUT2D eigenvalue weighted by Crippen LogP contribution is 2.27. The van der Waals surface area contributed by atoms with Crippen LogP contribution in [0.4, 0.5) is 4.39 Å². The summed E-state index contributed by atoms with van der Waals surface area (Å²) >= 11 is 0. The Morgan fingerprint density at radius 2 is 1.79 bits per heavy atom. The minimum Gasteiger partial charge on any atom is -0.496 e. The molecule has 1 N–H and O–H groups in total. The molecule has 1 fully saturated rings. The number of carbonyl (C=O) groups excluding carboxylic acids is 1. The van der Waals surface area contributed by atoms with Crippen LogP contribution in [-0.4, -0.2) is 38.8 Å². The highest BCUT2D eigenvalue weighted by atomic mass is 32.2. The smallest absolute Gasteiger partial charge is 0.255 e. The normalized spacial score (nSPS) is 16.0. The first-order chi connectivity index (χ1) is 13.3. The first-order valence-corrected chi connectivity index (χ1v) is 10.5. The molecule has 1 heterocycles. The summed E-state index contributed by atoms with van der Waals surface area (Å²) in [5.74, 6) is -0.542. The van der Waals surface area contributed by atoms with E-state index in [1.54, 1.807) is 19.1 Å². The van der Waals surface area contributed by atoms with Crippen LogP contribution in [0, 0.1) is 5.82 Å². The maximum Gasteiger partial charge on any atom is 0.255 e. The molecular weight excluding hydrogens is 383 g/mol. The number of rotatable bonds is 6. The Morgan fingerprint density at radius 1 is 1.14 bits per heavy atom. The van der Waals surface area contributed by atoms with E-state index in [0.29, 0.717) is 13.1 Å². The van der Waals surface area contributed by atoms with E-state index in [1.807, 2.05) is 0 Å². The van der Waals surface area contributed by atoms with Crippen molar-refractivity contribution in [2.75, 3.05) is 20.2 Å². The Labute approximate surface area is 164 Å². The number of methoxy groups -OCH3 is 1. The highest BCUT2D eigenvalue weighted by molar-refractivity contribution is 7.89. The van der Waals surface area contributed by atoms with Gasteiger partial charge in [0.05, 0.1) is 23.6 Å². The van der Waals surface area contributed by atoms with E-state index >= 15 is 0 Å². The number of nitrogens with zero attached hydrogens (tertiary/aromatic N) is 1. The molecule has 2 aromatic carbocycles. The van der Waals surface area contributed by atoms with Crippen molar-refractivity contribution in [3.05, 3.63) is 59.4 Å². The van der Waals surface area contributed by atoms with Crippen molar-refractivity contribution >= 4 is 15.9 Å². The van der Waals surface area contributed by atoms with Crippen LogP contribution >= 0.6 is 0 Å². The number of benzene rings is 2. The van der Waals surface area contributed by atoms with E-state index < -0.39 is 22.0 Å². The second kappa shape index (κ2) is 8.28. The fourth-order valence-corrected chi connectivity index (χ4v) is 4.76. The molecule has 1 saturated heterocycles. The van der Waals surface area contributed by atoms with E-state index in [4.69, 9.17) is 4.74 Å². The van der Waals surface area contributed by atoms with Crippen LogP contribution in [0.2, 0.25) is 0 Å². The molecular formula is C20H23FN2O4S. The number of hydrogen-bond donors (Lipinski definition) is 1. The Hall–Kier alpha value is -2.45. The van der Waals surface area contributed by atoms with Gasteiger partial charge >= 0.3 is 0 Å². The van der Waals surface area contributed by atoms with E-state index in [9.17, 15) is 17.6 Å². The number of nitrogens with one attached hydrogen (secondary N) is 1. The van der Waals surface area contributed by atoms with Crippen molar-refractivity contribution in [1.82, 2.24) is 9.62 Å². The van der Waals surface area contributed by atoms with Crippen LogP contribution in [0.5, 0.6) is 5.75 Å². The lowest BCUT2D eigenvalue weighted by Crippen LogP contribution is -2.29. The average molecular weight is 406 g/mol. The van der Waals surface area contributed by atoms with Crippen molar-refractivity contribution in [2.24, 2.45) is 0 Å². The van der Waals surface area contributed by atoms with Crippen LogP contribution < -0.4 is 10.1 Å². The largest absolute Gasteiger partial charge is 0.496 e. The summed E-state index contributed by atoms with van der Waals surface area (Å²) in [5, 5.41) is 2.81. The van der Waals surface area contributed by atoms with Crippen molar-refractivity contribution in [3.63, 3.8) is 0 Å². The first-order valence-electron chi connectivity index (χ1n) is 9.07. The van der Waals surface area contributed by atoms with Crippen LogP contribution in [0.1, 0.15) is 41.7 Å². The average Bonchev–Trinajstić information content (AvgIpc) is 3.23. The van der Waals surface area contributed by atoms with E-state index in [-0.39, 0.29) is 22.0 Å². The molecule has 0 bridgehead atoms. The van der Waals surface area contributed by atoms with Crippen LogP contribution in [-0.2, 0) is 10.0 Å². The number of sulfonamides is 1. The van der Waals surface area contributed by atoms with Crippen molar-refractivity contribution in [1.29, 1.82) is 0 Å². The first kappa shape index (κ1) is 20.3. The summed E-state index contributed by atoms with van der Waals surface area (Å²) < 4.78 is 45.4. The Balaban J connectivity index is 1.87. The van der Waals surface area contributed by atoms with Crippen molar-refractivity contribution < 1.29 is 22.3 Å². The van der Waals surface area contributed by atoms with Gasteiger partial charge in [-0.3, -0.25) is 4.79 Å². The fraction of sp³-hybridized carbons (Fsp3) is 0.350. The predicted molar refractivity (Wildman–Crippen MR) is 103 cm³/mol. The molecule has 1 aliphatic rings. The molecule has 1 aliphatic heterocycles. The van der Waals surface area contributed by atoms with Gasteiger partial charge in [-0.15, -0.1) is 0 Å². The molecule has 150 valence electrons. The molecule has 0 spiro atoms. The van der Waals surface area contributed by atoms with E-state index in [0.717, 1.165) is 18.4 Å². The summed E-state index contributed by atoms with van der Waals surface area (Å²) in [7, 11) is -2.23. The van der Waals surface area contributed by atoms with Gasteiger partial charge in [0.15, 0.2) is 0 Å². The van der Waals surface area contributed by atoms with Crippen LogP contribution in [0.15, 0.2) is 47.4 Å². The molecule has 28 heavy (non-hydrogen) atoms. The second-order valence-corrected chi connectivity index (χ2v) is 8.66. The van der Waals surface area contributed by atoms with Gasteiger partial charge in [0.25, 0.3) is 5.91 Å². The molecule has 6 nitrogen and oxygen atoms in total. The van der Waals surface area contributed by atoms with Gasteiger partial charge in [-0.05, 0) is 55.7 Å². The minimum atomic E-state index is -3.65. The molecule has 0 radical (unpaired) electrons. The minimum absolute atomic E-state index is 0.0646. The standard InChI is InChI=1S/C20H23FN2O4S/c1-14(15-5-7-16(21)8-6-15)22-20(24)18-13-17(9-10-19(18)27-2)28(25,26)23-11-3-4-12-23/h5-10,13-14H,3-4,11-12H2,1-2H3,(H,22,24). The molecule has 2 aromatic rings. The highest BCUT2D eigenvalue weighted by Gasteiger charge is 2.28. The zero-order valence-electron chi connectivity index (χ0n) is 15.8. The van der Waals surface area contributed by atoms with Gasteiger partial charge in [-0.1, -0.05) is 12.1 Å². The lowest BCUT2D eigenvalue weighted by Gasteiger charge is -2.18. The third-order valence-corrected chi connectivity index (χ3v) is 6.73. The summed E-state index contributed by atoms with van der Waals surface area (Å²) in [6.45, 7) is 2.73. The third-order valence-electron chi connectivity index (χ3n) is 4.84. The van der Waals surface area contributed by atoms with Gasteiger partial charge in [0.2, 0.25) is 10.0 Å². The Morgan fingerprint density at radius 3 is 2.39 bits per heavy atom. The second-order valence-electron chi connectivity index (χ2n) is 6.72. The number of carbonyl (C=O) groups is 1. The number of ether oxygens (including phenoxy) is 1. The number of halogens is 1. The summed E-state index contributed by atoms with van der Waals surface area (Å²) in [5.41, 5.74) is 0.867. The van der Waals surface area contributed by atoms with Crippen LogP contribution in [0.3, 0.4) is 0 Å². The molecule has 0 aliphatic carbocycles. The zero-order valence-corrected chi connectivity index (χ0v) is 16.6. The fourth-order valence-electron chi connectivity index (χ4n) is 3.21. The summed E-state index contributed by atoms with van der Waals surface area (Å²) in [6, 6.07) is 9.71. The van der Waals surface area contributed by atoms with Gasteiger partial charge in [0, 0.05) is 13.1 Å². The summed E-state index contributed by atoms with van der Waals surface area (Å²) in [6.07, 6.45) is 1.66. The maximum absolute atomic E-state index is 13.1. The molecule has 0 aromatic heterocycles. The van der Waals surface area contributed by atoms with E-state index in [2.05, 4.69) is 5.32 Å². The zero-order chi connectivity index (χ0) is 20.3. The quantitative estimate of drug-likeness (QED) is 0.800. The van der Waals surface area contributed by atoms with Crippen molar-refractivity contribution in [3.8, 4) is 5.75 Å². The Kier molecular flexibility index (Phi) is 6.00. The molecule has 0 saturated carbocycles. The summed E-state index contributed by atoms with van der Waals surface area (Å²) in [4.78, 5) is 12.9. The predicted octanol–water partition coefficient (Wildman–Crippen LogP) is 3.11. The molecule has 3 rings (SSSR count). The third kappa shape index (κ3) is 4.18. The lowest BCUT2D eigenvalue weighted by molar-refractivity contribution is 0.0936. The van der Waals surface area contributed by atoms with Gasteiger partial charge in [0.1, 0.15) is 11.6 Å². The van der Waals surface area contributed by atoms with E-state index in [1.165, 1.54) is 41.7 Å². The van der Waals surface area contributed by atoms with Gasteiger partial charge in [-0.2, -0.15) is 4.31 Å². The monoisotopic (exact) mass is 406 g/mol. The van der Waals surface area contributed by atoms with Gasteiger partial charge < -0.3 is 10.1 Å². The lowest BCUT2D eigenvalue weighted by atomic mass is 10.1. The maximum atomic E-state index is 13.1. The topological polar surface area (TPSA) is 75.7 Å². The van der Waals surface area contributed by atoms with Crippen LogP contribution in [0.25, 0.3) is 0 Å². The molecule has 8 heteroatoms.